The molecule has 6 nitrogen and oxygen atoms in total. The van der Waals surface area contributed by atoms with Crippen molar-refractivity contribution in [3.63, 3.8) is 0 Å². The summed E-state index contributed by atoms with van der Waals surface area (Å²) in [5.41, 5.74) is 2.69. The van der Waals surface area contributed by atoms with E-state index in [0.717, 1.165) is 41.9 Å². The number of aryl methyl sites for hydroxylation is 2. The van der Waals surface area contributed by atoms with E-state index < -0.39 is 0 Å². The first-order chi connectivity index (χ1) is 12.1. The monoisotopic (exact) mass is 378 g/mol. The lowest BCUT2D eigenvalue weighted by Crippen LogP contribution is -2.28. The average molecular weight is 379 g/mol. The minimum absolute atomic E-state index is 0.267. The molecule has 0 atom stereocenters. The highest BCUT2D eigenvalue weighted by Crippen LogP contribution is 2.38. The summed E-state index contributed by atoms with van der Waals surface area (Å²) in [4.78, 5) is 13.7. The van der Waals surface area contributed by atoms with E-state index in [-0.39, 0.29) is 5.97 Å². The van der Waals surface area contributed by atoms with Gasteiger partial charge in [-0.15, -0.1) is 11.3 Å². The molecule has 0 amide bonds. The third-order valence-corrected chi connectivity index (χ3v) is 5.53. The summed E-state index contributed by atoms with van der Waals surface area (Å²) in [6.07, 6.45) is 6.10. The Morgan fingerprint density at radius 3 is 2.96 bits per heavy atom. The molecule has 0 fully saturated rings. The van der Waals surface area contributed by atoms with E-state index in [1.165, 1.54) is 4.88 Å². The minimum atomic E-state index is -0.267. The molecule has 0 spiro atoms. The SMILES string of the molecule is CCOC(=O)c1c(NC(=S)NCc2ccn(C)n2)sc2c1CCCC2. The average Bonchev–Trinajstić information content (AvgIpc) is 3.16. The highest BCUT2D eigenvalue weighted by atomic mass is 32.1. The summed E-state index contributed by atoms with van der Waals surface area (Å²) in [6, 6.07) is 1.93. The molecule has 25 heavy (non-hydrogen) atoms. The van der Waals surface area contributed by atoms with Crippen LogP contribution < -0.4 is 10.6 Å². The molecule has 0 radical (unpaired) electrons. The molecule has 0 saturated heterocycles. The topological polar surface area (TPSA) is 68.2 Å². The normalized spacial score (nSPS) is 13.2. The molecule has 2 heterocycles. The standard InChI is InChI=1S/C17H22N4O2S2/c1-3-23-16(22)14-12-6-4-5-7-13(12)25-15(14)19-17(24)18-10-11-8-9-21(2)20-11/h8-9H,3-7,10H2,1-2H3,(H2,18,19,24). The number of nitrogens with one attached hydrogen (secondary N) is 2. The maximum absolute atomic E-state index is 12.4. The Balaban J connectivity index is 1.73. The van der Waals surface area contributed by atoms with Gasteiger partial charge in [-0.2, -0.15) is 5.10 Å². The van der Waals surface area contributed by atoms with Gasteiger partial charge in [0.2, 0.25) is 0 Å². The van der Waals surface area contributed by atoms with Gasteiger partial charge in [0.05, 0.1) is 24.4 Å². The van der Waals surface area contributed by atoms with E-state index in [1.54, 1.807) is 16.0 Å². The molecular weight excluding hydrogens is 356 g/mol. The van der Waals surface area contributed by atoms with Crippen LogP contribution in [-0.2, 0) is 31.2 Å². The first-order valence-electron chi connectivity index (χ1n) is 8.43. The number of thiocarbonyl (C=S) groups is 1. The van der Waals surface area contributed by atoms with Crippen molar-refractivity contribution in [3.8, 4) is 0 Å². The van der Waals surface area contributed by atoms with Gasteiger partial charge in [0.25, 0.3) is 0 Å². The first-order valence-corrected chi connectivity index (χ1v) is 9.66. The third kappa shape index (κ3) is 4.19. The van der Waals surface area contributed by atoms with E-state index in [9.17, 15) is 4.79 Å². The number of anilines is 1. The first kappa shape index (κ1) is 17.9. The second-order valence-corrected chi connectivity index (χ2v) is 7.44. The second kappa shape index (κ2) is 7.97. The van der Waals surface area contributed by atoms with Crippen molar-refractivity contribution in [2.45, 2.75) is 39.2 Å². The van der Waals surface area contributed by atoms with E-state index in [2.05, 4.69) is 15.7 Å². The quantitative estimate of drug-likeness (QED) is 0.616. The number of carbonyl (C=O) groups excluding carboxylic acids is 1. The van der Waals surface area contributed by atoms with Gasteiger partial charge in [0.15, 0.2) is 5.11 Å². The molecule has 0 aliphatic heterocycles. The molecular formula is C17H22N4O2S2. The third-order valence-electron chi connectivity index (χ3n) is 4.08. The van der Waals surface area contributed by atoms with Crippen LogP contribution in [0.15, 0.2) is 12.3 Å². The summed E-state index contributed by atoms with van der Waals surface area (Å²) < 4.78 is 7.01. The van der Waals surface area contributed by atoms with Crippen LogP contribution in [0.4, 0.5) is 5.00 Å². The summed E-state index contributed by atoms with van der Waals surface area (Å²) in [5, 5.41) is 11.9. The molecule has 0 saturated carbocycles. The number of fused-ring (bicyclic) bond motifs is 1. The zero-order valence-electron chi connectivity index (χ0n) is 14.4. The smallest absolute Gasteiger partial charge is 0.341 e. The van der Waals surface area contributed by atoms with Crippen molar-refractivity contribution in [1.29, 1.82) is 0 Å². The number of aromatic nitrogens is 2. The molecule has 0 bridgehead atoms. The Morgan fingerprint density at radius 2 is 2.24 bits per heavy atom. The number of nitrogens with zero attached hydrogens (tertiary/aromatic N) is 2. The highest BCUT2D eigenvalue weighted by molar-refractivity contribution is 7.80. The Kier molecular flexibility index (Phi) is 5.70. The van der Waals surface area contributed by atoms with Crippen LogP contribution in [-0.4, -0.2) is 27.5 Å². The lowest BCUT2D eigenvalue weighted by molar-refractivity contribution is 0.0526. The maximum Gasteiger partial charge on any atom is 0.341 e. The number of ether oxygens (including phenoxy) is 1. The number of carbonyl (C=O) groups is 1. The predicted octanol–water partition coefficient (Wildman–Crippen LogP) is 3.02. The van der Waals surface area contributed by atoms with Crippen molar-refractivity contribution in [1.82, 2.24) is 15.1 Å². The predicted molar refractivity (Wildman–Crippen MR) is 103 cm³/mol. The van der Waals surface area contributed by atoms with Crippen molar-refractivity contribution in [2.75, 3.05) is 11.9 Å². The zero-order chi connectivity index (χ0) is 17.8. The summed E-state index contributed by atoms with van der Waals surface area (Å²) in [6.45, 7) is 2.72. The van der Waals surface area contributed by atoms with Gasteiger partial charge in [-0.1, -0.05) is 0 Å². The molecule has 2 aromatic rings. The molecule has 3 rings (SSSR count). The van der Waals surface area contributed by atoms with Gasteiger partial charge >= 0.3 is 5.97 Å². The number of hydrogen-bond acceptors (Lipinski definition) is 5. The molecule has 2 N–H and O–H groups in total. The minimum Gasteiger partial charge on any atom is -0.462 e. The van der Waals surface area contributed by atoms with Crippen LogP contribution in [0.3, 0.4) is 0 Å². The van der Waals surface area contributed by atoms with Gasteiger partial charge in [-0.05, 0) is 56.5 Å². The summed E-state index contributed by atoms with van der Waals surface area (Å²) in [5.74, 6) is -0.267. The molecule has 2 aromatic heterocycles. The number of esters is 1. The second-order valence-electron chi connectivity index (χ2n) is 5.92. The largest absolute Gasteiger partial charge is 0.462 e. The van der Waals surface area contributed by atoms with Crippen molar-refractivity contribution < 1.29 is 9.53 Å². The van der Waals surface area contributed by atoms with Crippen LogP contribution in [0, 0.1) is 0 Å². The molecule has 1 aliphatic rings. The number of rotatable bonds is 5. The molecule has 0 aromatic carbocycles. The van der Waals surface area contributed by atoms with Crippen LogP contribution in [0.25, 0.3) is 0 Å². The molecule has 134 valence electrons. The van der Waals surface area contributed by atoms with Crippen molar-refractivity contribution in [3.05, 3.63) is 34.0 Å². The lowest BCUT2D eigenvalue weighted by Gasteiger charge is -2.13. The van der Waals surface area contributed by atoms with Gasteiger partial charge in [0, 0.05) is 18.1 Å². The van der Waals surface area contributed by atoms with Crippen molar-refractivity contribution in [2.24, 2.45) is 7.05 Å². The Bertz CT molecular complexity index is 782. The van der Waals surface area contributed by atoms with Crippen LogP contribution in [0.2, 0.25) is 0 Å². The number of thiophene rings is 1. The number of hydrogen-bond donors (Lipinski definition) is 2. The van der Waals surface area contributed by atoms with Crippen LogP contribution in [0.1, 0.15) is 46.3 Å². The zero-order valence-corrected chi connectivity index (χ0v) is 16.1. The fraction of sp³-hybridized carbons (Fsp3) is 0.471. The van der Waals surface area contributed by atoms with Gasteiger partial charge in [-0.3, -0.25) is 4.68 Å². The Hall–Kier alpha value is -1.93. The van der Waals surface area contributed by atoms with Gasteiger partial charge in [-0.25, -0.2) is 4.79 Å². The summed E-state index contributed by atoms with van der Waals surface area (Å²) >= 11 is 7.00. The van der Waals surface area contributed by atoms with E-state index in [1.807, 2.05) is 26.2 Å². The highest BCUT2D eigenvalue weighted by Gasteiger charge is 2.26. The summed E-state index contributed by atoms with van der Waals surface area (Å²) in [7, 11) is 1.88. The van der Waals surface area contributed by atoms with Gasteiger partial charge < -0.3 is 15.4 Å². The lowest BCUT2D eigenvalue weighted by atomic mass is 9.95. The van der Waals surface area contributed by atoms with Crippen LogP contribution >= 0.6 is 23.6 Å². The van der Waals surface area contributed by atoms with Crippen LogP contribution in [0.5, 0.6) is 0 Å². The Labute approximate surface area is 156 Å². The fourth-order valence-electron chi connectivity index (χ4n) is 2.95. The fourth-order valence-corrected chi connectivity index (χ4v) is 4.47. The molecule has 0 unspecified atom stereocenters. The Morgan fingerprint density at radius 1 is 1.44 bits per heavy atom. The molecule has 8 heteroatoms. The van der Waals surface area contributed by atoms with E-state index in [0.29, 0.717) is 23.8 Å². The van der Waals surface area contributed by atoms with E-state index in [4.69, 9.17) is 17.0 Å². The maximum atomic E-state index is 12.4. The molecule has 1 aliphatic carbocycles. The van der Waals surface area contributed by atoms with Crippen molar-refractivity contribution >= 4 is 39.6 Å². The van der Waals surface area contributed by atoms with Gasteiger partial charge in [0.1, 0.15) is 5.00 Å². The van der Waals surface area contributed by atoms with E-state index >= 15 is 0 Å².